The van der Waals surface area contributed by atoms with E-state index in [1.165, 1.54) is 9.36 Å². The third kappa shape index (κ3) is 8.51. The number of aromatic nitrogens is 4. The summed E-state index contributed by atoms with van der Waals surface area (Å²) in [5.74, 6) is -0.766. The Hall–Kier alpha value is -1.76. The molecular formula is C21H32Br2N4O6. The Morgan fingerprint density at radius 2 is 1.24 bits per heavy atom. The van der Waals surface area contributed by atoms with Gasteiger partial charge in [-0.1, -0.05) is 0 Å². The summed E-state index contributed by atoms with van der Waals surface area (Å²) in [6.45, 7) is 11.4. The number of rotatable bonds is 10. The molecule has 0 unspecified atom stereocenters. The van der Waals surface area contributed by atoms with E-state index >= 15 is 0 Å². The van der Waals surface area contributed by atoms with E-state index in [9.17, 15) is 9.59 Å². The first-order chi connectivity index (χ1) is 15.6. The van der Waals surface area contributed by atoms with Crippen molar-refractivity contribution < 1.29 is 28.5 Å². The lowest BCUT2D eigenvalue weighted by Gasteiger charge is -2.05. The molecule has 2 rings (SSSR count). The zero-order valence-electron chi connectivity index (χ0n) is 20.1. The van der Waals surface area contributed by atoms with Crippen LogP contribution in [0.3, 0.4) is 0 Å². The van der Waals surface area contributed by atoms with Crippen LogP contribution in [-0.2, 0) is 46.3 Å². The Morgan fingerprint density at radius 1 is 0.818 bits per heavy atom. The van der Waals surface area contributed by atoms with E-state index in [2.05, 4.69) is 42.1 Å². The van der Waals surface area contributed by atoms with E-state index in [-0.39, 0.29) is 18.0 Å². The number of hydrogen-bond donors (Lipinski definition) is 0. The van der Waals surface area contributed by atoms with Crippen LogP contribution in [0.25, 0.3) is 0 Å². The number of carbonyl (C=O) groups excluding carboxylic acids is 2. The summed E-state index contributed by atoms with van der Waals surface area (Å²) in [5, 5.41) is 8.42. The number of halogens is 2. The molecule has 0 amide bonds. The molecule has 0 N–H and O–H groups in total. The van der Waals surface area contributed by atoms with Crippen LogP contribution in [-0.4, -0.2) is 57.4 Å². The maximum absolute atomic E-state index is 11.7. The van der Waals surface area contributed by atoms with Crippen molar-refractivity contribution in [1.82, 2.24) is 19.6 Å². The van der Waals surface area contributed by atoms with Gasteiger partial charge in [0.1, 0.15) is 11.4 Å². The second kappa shape index (κ2) is 14.5. The van der Waals surface area contributed by atoms with Crippen LogP contribution in [0.2, 0.25) is 0 Å². The Balaban J connectivity index is 0.000000331. The lowest BCUT2D eigenvalue weighted by atomic mass is 10.3. The molecule has 0 saturated carbocycles. The molecule has 0 spiro atoms. The highest BCUT2D eigenvalue weighted by Crippen LogP contribution is 2.23. The lowest BCUT2D eigenvalue weighted by molar-refractivity contribution is 0.0502. The monoisotopic (exact) mass is 594 g/mol. The van der Waals surface area contributed by atoms with Crippen LogP contribution >= 0.6 is 31.9 Å². The first-order valence-corrected chi connectivity index (χ1v) is 12.1. The Bertz CT molecular complexity index is 926. The maximum Gasteiger partial charge on any atom is 0.357 e. The predicted octanol–water partition coefficient (Wildman–Crippen LogP) is 4.18. The van der Waals surface area contributed by atoms with E-state index in [1.54, 1.807) is 27.9 Å². The third-order valence-electron chi connectivity index (χ3n) is 4.05. The first kappa shape index (κ1) is 29.3. The summed E-state index contributed by atoms with van der Waals surface area (Å²) < 4.78 is 24.9. The zero-order valence-corrected chi connectivity index (χ0v) is 23.3. The number of carbonyl (C=O) groups is 2. The first-order valence-electron chi connectivity index (χ1n) is 10.5. The molecule has 0 aliphatic rings. The van der Waals surface area contributed by atoms with Gasteiger partial charge in [-0.15, -0.1) is 0 Å². The van der Waals surface area contributed by atoms with Crippen molar-refractivity contribution >= 4 is 43.8 Å². The standard InChI is InChI=1S/C11H17BrN2O3.C10H15BrN2O3/c1-5-16-11(15)10-9(12)8(13-14(10)4)6-17-7(2)3;1-4-15-6-7-8(11)9(13(3)12-7)10(14)16-5-2/h7H,5-6H2,1-4H3;4-6H2,1-3H3. The molecule has 2 aromatic rings. The van der Waals surface area contributed by atoms with Crippen LogP contribution in [0.15, 0.2) is 8.95 Å². The van der Waals surface area contributed by atoms with Gasteiger partial charge in [0.15, 0.2) is 11.4 Å². The highest BCUT2D eigenvalue weighted by molar-refractivity contribution is 9.11. The molecule has 0 radical (unpaired) electrons. The van der Waals surface area contributed by atoms with Gasteiger partial charge < -0.3 is 18.9 Å². The smallest absolute Gasteiger partial charge is 0.357 e. The number of aryl methyl sites for hydroxylation is 2. The number of esters is 2. The molecule has 0 saturated heterocycles. The predicted molar refractivity (Wildman–Crippen MR) is 129 cm³/mol. The fourth-order valence-corrected chi connectivity index (χ4v) is 3.80. The quantitative estimate of drug-likeness (QED) is 0.377. The van der Waals surface area contributed by atoms with Gasteiger partial charge in [-0.05, 0) is 66.5 Å². The SMILES string of the molecule is CCOC(=O)c1c(Br)c(COC(C)C)nn1C.CCOCc1nn(C)c(C(=O)OCC)c1Br. The summed E-state index contributed by atoms with van der Waals surface area (Å²) in [7, 11) is 3.41. The average molecular weight is 596 g/mol. The van der Waals surface area contributed by atoms with E-state index in [1.807, 2.05) is 20.8 Å². The summed E-state index contributed by atoms with van der Waals surface area (Å²) >= 11 is 6.70. The zero-order chi connectivity index (χ0) is 25.1. The molecule has 12 heteroatoms. The summed E-state index contributed by atoms with van der Waals surface area (Å²) in [6.07, 6.45) is 0.120. The Morgan fingerprint density at radius 3 is 1.61 bits per heavy atom. The number of ether oxygens (including phenoxy) is 4. The number of nitrogens with zero attached hydrogens (tertiary/aromatic N) is 4. The molecule has 0 atom stereocenters. The van der Waals surface area contributed by atoms with E-state index in [0.29, 0.717) is 64.8 Å². The van der Waals surface area contributed by atoms with Gasteiger partial charge in [0.25, 0.3) is 0 Å². The second-order valence-corrected chi connectivity index (χ2v) is 8.49. The van der Waals surface area contributed by atoms with Gasteiger partial charge in [0.2, 0.25) is 0 Å². The van der Waals surface area contributed by atoms with Crippen molar-refractivity contribution in [3.8, 4) is 0 Å². The summed E-state index contributed by atoms with van der Waals surface area (Å²) in [4.78, 5) is 23.3. The average Bonchev–Trinajstić information content (AvgIpc) is 3.19. The van der Waals surface area contributed by atoms with Crippen LogP contribution in [0, 0.1) is 0 Å². The van der Waals surface area contributed by atoms with E-state index in [4.69, 9.17) is 18.9 Å². The molecule has 33 heavy (non-hydrogen) atoms. The highest BCUT2D eigenvalue weighted by atomic mass is 79.9. The molecule has 186 valence electrons. The topological polar surface area (TPSA) is 107 Å². The van der Waals surface area contributed by atoms with Crippen molar-refractivity contribution in [2.24, 2.45) is 14.1 Å². The fourth-order valence-electron chi connectivity index (χ4n) is 2.58. The van der Waals surface area contributed by atoms with Gasteiger partial charge in [0, 0.05) is 20.7 Å². The molecule has 0 aromatic carbocycles. The largest absolute Gasteiger partial charge is 0.461 e. The van der Waals surface area contributed by atoms with Crippen molar-refractivity contribution in [2.75, 3.05) is 19.8 Å². The van der Waals surface area contributed by atoms with Gasteiger partial charge in [-0.25, -0.2) is 9.59 Å². The van der Waals surface area contributed by atoms with Crippen LogP contribution in [0.4, 0.5) is 0 Å². The van der Waals surface area contributed by atoms with Crippen molar-refractivity contribution in [3.05, 3.63) is 31.7 Å². The third-order valence-corrected chi connectivity index (χ3v) is 5.71. The van der Waals surface area contributed by atoms with Crippen LogP contribution < -0.4 is 0 Å². The molecule has 2 heterocycles. The molecule has 10 nitrogen and oxygen atoms in total. The van der Waals surface area contributed by atoms with Gasteiger partial charge in [-0.2, -0.15) is 10.2 Å². The summed E-state index contributed by atoms with van der Waals surface area (Å²) in [6, 6.07) is 0. The molecule has 0 aliphatic heterocycles. The molecular weight excluding hydrogens is 564 g/mol. The molecule has 0 aliphatic carbocycles. The van der Waals surface area contributed by atoms with E-state index in [0.717, 1.165) is 0 Å². The van der Waals surface area contributed by atoms with Gasteiger partial charge in [0.05, 0.1) is 41.5 Å². The highest BCUT2D eigenvalue weighted by Gasteiger charge is 2.22. The Labute approximate surface area is 211 Å². The van der Waals surface area contributed by atoms with Crippen LogP contribution in [0.5, 0.6) is 0 Å². The summed E-state index contributed by atoms with van der Waals surface area (Å²) in [5.41, 5.74) is 2.22. The second-order valence-electron chi connectivity index (χ2n) is 6.90. The maximum atomic E-state index is 11.7. The minimum atomic E-state index is -0.384. The molecule has 2 aromatic heterocycles. The fraction of sp³-hybridized carbons (Fsp3) is 0.619. The normalized spacial score (nSPS) is 10.7. The van der Waals surface area contributed by atoms with Gasteiger partial charge in [-0.3, -0.25) is 9.36 Å². The van der Waals surface area contributed by atoms with E-state index < -0.39 is 0 Å². The van der Waals surface area contributed by atoms with Crippen molar-refractivity contribution in [3.63, 3.8) is 0 Å². The van der Waals surface area contributed by atoms with Crippen molar-refractivity contribution in [2.45, 2.75) is 53.9 Å². The molecule has 0 bridgehead atoms. The van der Waals surface area contributed by atoms with Crippen LogP contribution in [0.1, 0.15) is 67.0 Å². The number of hydrogen-bond acceptors (Lipinski definition) is 8. The lowest BCUT2D eigenvalue weighted by Crippen LogP contribution is -2.10. The minimum absolute atomic E-state index is 0.120. The Kier molecular flexibility index (Phi) is 12.9. The molecule has 0 fully saturated rings. The van der Waals surface area contributed by atoms with Crippen molar-refractivity contribution in [1.29, 1.82) is 0 Å². The minimum Gasteiger partial charge on any atom is -0.461 e. The van der Waals surface area contributed by atoms with Gasteiger partial charge >= 0.3 is 11.9 Å².